The largest absolute Gasteiger partial charge is 0.435 e. The molecule has 0 aromatic heterocycles. The van der Waals surface area contributed by atoms with Gasteiger partial charge < -0.3 is 9.47 Å². The average Bonchev–Trinajstić information content (AvgIpc) is 2.89. The monoisotopic (exact) mass is 504 g/mol. The summed E-state index contributed by atoms with van der Waals surface area (Å²) in [6, 6.07) is 5.92. The molecule has 4 atom stereocenters. The summed E-state index contributed by atoms with van der Waals surface area (Å²) >= 11 is 0. The van der Waals surface area contributed by atoms with Gasteiger partial charge in [0.05, 0.1) is 5.92 Å². The van der Waals surface area contributed by atoms with Crippen LogP contribution in [0.25, 0.3) is 0 Å². The van der Waals surface area contributed by atoms with Crippen LogP contribution < -0.4 is 9.47 Å². The summed E-state index contributed by atoms with van der Waals surface area (Å²) in [6.07, 6.45) is 21.0. The number of fused-ring (bicyclic) bond motifs is 1. The van der Waals surface area contributed by atoms with E-state index < -0.39 is 6.61 Å². The smallest absolute Gasteiger partial charge is 0.387 e. The molecule has 0 radical (unpaired) electrons. The van der Waals surface area contributed by atoms with Crippen LogP contribution in [0.2, 0.25) is 0 Å². The van der Waals surface area contributed by atoms with Crippen LogP contribution in [0.15, 0.2) is 24.3 Å². The molecule has 0 N–H and O–H groups in total. The number of hydrogen-bond donors (Lipinski definition) is 0. The van der Waals surface area contributed by atoms with Gasteiger partial charge in [-0.25, -0.2) is 0 Å². The molecule has 5 heteroatoms. The fourth-order valence-electron chi connectivity index (χ4n) is 7.59. The van der Waals surface area contributed by atoms with Crippen molar-refractivity contribution in [3.05, 3.63) is 24.3 Å². The molecule has 1 aromatic rings. The zero-order valence-electron chi connectivity index (χ0n) is 22.1. The van der Waals surface area contributed by atoms with E-state index >= 15 is 0 Å². The van der Waals surface area contributed by atoms with Gasteiger partial charge in [0.25, 0.3) is 0 Å². The molecular weight excluding hydrogens is 458 g/mol. The van der Waals surface area contributed by atoms with Crippen LogP contribution in [0.3, 0.4) is 0 Å². The van der Waals surface area contributed by atoms with Gasteiger partial charge >= 0.3 is 12.6 Å². The molecule has 0 bridgehead atoms. The number of rotatable bonds is 11. The van der Waals surface area contributed by atoms with E-state index in [1.807, 2.05) is 0 Å². The highest BCUT2D eigenvalue weighted by Crippen LogP contribution is 2.50. The topological polar surface area (TPSA) is 35.5 Å². The fraction of sp³-hybridized carbons (Fsp3) is 0.774. The van der Waals surface area contributed by atoms with E-state index in [2.05, 4.69) is 11.7 Å². The fourth-order valence-corrected chi connectivity index (χ4v) is 7.59. The van der Waals surface area contributed by atoms with Crippen molar-refractivity contribution in [2.75, 3.05) is 0 Å². The molecule has 0 heterocycles. The lowest BCUT2D eigenvalue weighted by Crippen LogP contribution is -2.40. The van der Waals surface area contributed by atoms with E-state index in [4.69, 9.17) is 4.74 Å². The summed E-state index contributed by atoms with van der Waals surface area (Å²) in [4.78, 5) is 13.1. The summed E-state index contributed by atoms with van der Waals surface area (Å²) in [6.45, 7) is -0.574. The minimum Gasteiger partial charge on any atom is -0.435 e. The molecule has 202 valence electrons. The minimum atomic E-state index is -2.86. The molecule has 4 rings (SSSR count). The molecule has 3 aliphatic carbocycles. The number of carbonyl (C=O) groups is 1. The van der Waals surface area contributed by atoms with Gasteiger partial charge in [0.15, 0.2) is 0 Å². The SMILES string of the molecule is CCCCCCCC1CCC(C2CCC3C(CCCC3C(=O)Oc3ccc(OC(F)F)cc3)C2)CC1. The van der Waals surface area contributed by atoms with E-state index in [1.54, 1.807) is 0 Å². The van der Waals surface area contributed by atoms with Gasteiger partial charge in [-0.3, -0.25) is 4.79 Å². The van der Waals surface area contributed by atoms with Crippen molar-refractivity contribution >= 4 is 5.97 Å². The summed E-state index contributed by atoms with van der Waals surface area (Å²) < 4.78 is 34.8. The van der Waals surface area contributed by atoms with E-state index in [0.29, 0.717) is 17.6 Å². The van der Waals surface area contributed by atoms with Crippen LogP contribution in [0, 0.1) is 35.5 Å². The maximum Gasteiger partial charge on any atom is 0.387 e. The number of halogens is 2. The number of benzene rings is 1. The number of alkyl halides is 2. The maximum absolute atomic E-state index is 13.1. The Balaban J connectivity index is 1.22. The number of carbonyl (C=O) groups excluding carboxylic acids is 1. The second kappa shape index (κ2) is 13.8. The van der Waals surface area contributed by atoms with Gasteiger partial charge in [0.2, 0.25) is 0 Å². The lowest BCUT2D eigenvalue weighted by molar-refractivity contribution is -0.144. The Bertz CT molecular complexity index is 788. The Morgan fingerprint density at radius 2 is 1.53 bits per heavy atom. The molecule has 4 unspecified atom stereocenters. The molecule has 0 amide bonds. The van der Waals surface area contributed by atoms with Crippen LogP contribution in [0.5, 0.6) is 11.5 Å². The maximum atomic E-state index is 13.1. The third-order valence-electron chi connectivity index (χ3n) is 9.53. The molecular formula is C31H46F2O3. The molecule has 0 saturated heterocycles. The van der Waals surface area contributed by atoms with Crippen LogP contribution in [0.1, 0.15) is 110 Å². The molecule has 3 nitrogen and oxygen atoms in total. The number of ether oxygens (including phenoxy) is 2. The van der Waals surface area contributed by atoms with Crippen molar-refractivity contribution < 1.29 is 23.0 Å². The second-order valence-electron chi connectivity index (χ2n) is 11.8. The zero-order valence-corrected chi connectivity index (χ0v) is 22.1. The lowest BCUT2D eigenvalue weighted by Gasteiger charge is -2.46. The molecule has 36 heavy (non-hydrogen) atoms. The first-order valence-electron chi connectivity index (χ1n) is 14.8. The normalized spacial score (nSPS) is 30.6. The van der Waals surface area contributed by atoms with Crippen molar-refractivity contribution in [1.29, 1.82) is 0 Å². The van der Waals surface area contributed by atoms with E-state index in [0.717, 1.165) is 37.0 Å². The van der Waals surface area contributed by atoms with Crippen molar-refractivity contribution in [2.24, 2.45) is 35.5 Å². The first kappa shape index (κ1) is 27.4. The Labute approximate surface area is 216 Å². The van der Waals surface area contributed by atoms with Crippen LogP contribution in [-0.2, 0) is 4.79 Å². The summed E-state index contributed by atoms with van der Waals surface area (Å²) in [5.41, 5.74) is 0. The summed E-state index contributed by atoms with van der Waals surface area (Å²) in [5, 5.41) is 0. The van der Waals surface area contributed by atoms with Gasteiger partial charge in [-0.15, -0.1) is 0 Å². The van der Waals surface area contributed by atoms with Crippen molar-refractivity contribution in [2.45, 2.75) is 116 Å². The highest BCUT2D eigenvalue weighted by Gasteiger charge is 2.43. The third-order valence-corrected chi connectivity index (χ3v) is 9.53. The first-order valence-corrected chi connectivity index (χ1v) is 14.8. The number of unbranched alkanes of at least 4 members (excludes halogenated alkanes) is 4. The van der Waals surface area contributed by atoms with Crippen molar-refractivity contribution in [3.63, 3.8) is 0 Å². The van der Waals surface area contributed by atoms with Gasteiger partial charge in [0.1, 0.15) is 11.5 Å². The zero-order chi connectivity index (χ0) is 25.3. The predicted octanol–water partition coefficient (Wildman–Crippen LogP) is 9.19. The highest BCUT2D eigenvalue weighted by molar-refractivity contribution is 5.75. The Morgan fingerprint density at radius 1 is 0.833 bits per heavy atom. The Morgan fingerprint density at radius 3 is 2.25 bits per heavy atom. The lowest BCUT2D eigenvalue weighted by atomic mass is 9.59. The van der Waals surface area contributed by atoms with Gasteiger partial charge in [-0.2, -0.15) is 8.78 Å². The van der Waals surface area contributed by atoms with Crippen molar-refractivity contribution in [3.8, 4) is 11.5 Å². The Kier molecular flexibility index (Phi) is 10.5. The van der Waals surface area contributed by atoms with Crippen LogP contribution in [-0.4, -0.2) is 12.6 Å². The van der Waals surface area contributed by atoms with E-state index in [1.165, 1.54) is 108 Å². The van der Waals surface area contributed by atoms with E-state index in [9.17, 15) is 13.6 Å². The predicted molar refractivity (Wildman–Crippen MR) is 139 cm³/mol. The number of esters is 1. The quantitative estimate of drug-likeness (QED) is 0.171. The molecule has 0 aliphatic heterocycles. The van der Waals surface area contributed by atoms with Crippen LogP contribution in [0.4, 0.5) is 8.78 Å². The minimum absolute atomic E-state index is 0.0369. The second-order valence-corrected chi connectivity index (χ2v) is 11.8. The van der Waals surface area contributed by atoms with Crippen LogP contribution >= 0.6 is 0 Å². The third kappa shape index (κ3) is 7.68. The Hall–Kier alpha value is -1.65. The first-order chi connectivity index (χ1) is 17.5. The van der Waals surface area contributed by atoms with Gasteiger partial charge in [0, 0.05) is 0 Å². The summed E-state index contributed by atoms with van der Waals surface area (Å²) in [7, 11) is 0. The molecule has 3 fully saturated rings. The van der Waals surface area contributed by atoms with E-state index in [-0.39, 0.29) is 17.6 Å². The number of hydrogen-bond acceptors (Lipinski definition) is 3. The van der Waals surface area contributed by atoms with Gasteiger partial charge in [-0.1, -0.05) is 71.1 Å². The molecule has 0 spiro atoms. The highest BCUT2D eigenvalue weighted by atomic mass is 19.3. The van der Waals surface area contributed by atoms with Crippen molar-refractivity contribution in [1.82, 2.24) is 0 Å². The molecule has 3 aliphatic rings. The standard InChI is InChI=1S/C31H46F2O3/c1-2-3-4-5-6-8-22-11-13-23(14-12-22)24-15-20-28-25(21-24)9-7-10-29(28)30(34)35-26-16-18-27(19-17-26)36-31(32)33/h16-19,22-25,28-29,31H,2-15,20-21H2,1H3. The molecule has 3 saturated carbocycles. The molecule has 1 aromatic carbocycles. The average molecular weight is 505 g/mol. The summed E-state index contributed by atoms with van der Waals surface area (Å²) in [5.74, 6) is 4.06. The van der Waals surface area contributed by atoms with Gasteiger partial charge in [-0.05, 0) is 92.4 Å².